The highest BCUT2D eigenvalue weighted by Gasteiger charge is 2.17. The van der Waals surface area contributed by atoms with Crippen LogP contribution < -0.4 is 10.2 Å². The Hall–Kier alpha value is -3.65. The molecule has 0 amide bonds. The minimum absolute atomic E-state index is 0. The van der Waals surface area contributed by atoms with E-state index in [1.807, 2.05) is 55.6 Å². The molecular formula is C22H25N7O. The molecule has 3 aromatic heterocycles. The molecule has 1 fully saturated rings. The summed E-state index contributed by atoms with van der Waals surface area (Å²) in [7, 11) is 0. The van der Waals surface area contributed by atoms with Gasteiger partial charge >= 0.3 is 0 Å². The van der Waals surface area contributed by atoms with Gasteiger partial charge in [0.2, 0.25) is 5.89 Å². The quantitative estimate of drug-likeness (QED) is 0.554. The first-order chi connectivity index (χ1) is 14.8. The highest BCUT2D eigenvalue weighted by molar-refractivity contribution is 5.64. The summed E-state index contributed by atoms with van der Waals surface area (Å²) in [6, 6.07) is 13.7. The normalized spacial score (nSPS) is 14.1. The van der Waals surface area contributed by atoms with Crippen molar-refractivity contribution < 1.29 is 7.27 Å². The zero-order valence-corrected chi connectivity index (χ0v) is 16.6. The van der Waals surface area contributed by atoms with Gasteiger partial charge in [0.1, 0.15) is 11.5 Å². The average molecular weight is 403 g/mol. The Morgan fingerprint density at radius 2 is 1.70 bits per heavy atom. The van der Waals surface area contributed by atoms with Crippen LogP contribution in [0.4, 0.5) is 5.82 Å². The van der Waals surface area contributed by atoms with E-state index in [0.717, 1.165) is 54.5 Å². The van der Waals surface area contributed by atoms with Gasteiger partial charge in [-0.05, 0) is 31.2 Å². The van der Waals surface area contributed by atoms with Crippen molar-refractivity contribution in [1.29, 1.82) is 0 Å². The molecule has 154 valence electrons. The number of hydrogen-bond acceptors (Lipinski definition) is 8. The summed E-state index contributed by atoms with van der Waals surface area (Å²) >= 11 is 0. The van der Waals surface area contributed by atoms with E-state index in [9.17, 15) is 0 Å². The molecule has 1 aliphatic heterocycles. The molecule has 8 nitrogen and oxygen atoms in total. The van der Waals surface area contributed by atoms with Crippen molar-refractivity contribution in [3.8, 4) is 34.3 Å². The molecule has 8 heteroatoms. The molecule has 0 saturated carbocycles. The predicted octanol–water partition coefficient (Wildman–Crippen LogP) is 3.47. The summed E-state index contributed by atoms with van der Waals surface area (Å²) in [6.45, 7) is 5.75. The lowest BCUT2D eigenvalue weighted by molar-refractivity contribution is 0.581. The van der Waals surface area contributed by atoms with E-state index < -0.39 is 0 Å². The molecule has 0 aliphatic carbocycles. The van der Waals surface area contributed by atoms with Gasteiger partial charge in [0, 0.05) is 46.4 Å². The van der Waals surface area contributed by atoms with Gasteiger partial charge < -0.3 is 14.6 Å². The van der Waals surface area contributed by atoms with Gasteiger partial charge in [-0.25, -0.2) is 9.97 Å². The molecule has 4 aromatic rings. The molecule has 30 heavy (non-hydrogen) atoms. The van der Waals surface area contributed by atoms with Crippen LogP contribution in [0.15, 0.2) is 59.3 Å². The molecule has 1 aromatic carbocycles. The third-order valence-electron chi connectivity index (χ3n) is 5.09. The second-order valence-electron chi connectivity index (χ2n) is 7.11. The van der Waals surface area contributed by atoms with E-state index >= 15 is 0 Å². The van der Waals surface area contributed by atoms with Crippen LogP contribution in [0.25, 0.3) is 34.3 Å². The number of rotatable bonds is 4. The molecule has 0 atom stereocenters. The fraction of sp³-hybridized carbons (Fsp3) is 0.227. The van der Waals surface area contributed by atoms with Crippen molar-refractivity contribution in [2.75, 3.05) is 31.1 Å². The second kappa shape index (κ2) is 8.00. The molecule has 1 N–H and O–H groups in total. The van der Waals surface area contributed by atoms with Crippen molar-refractivity contribution in [2.45, 2.75) is 6.92 Å². The molecule has 0 radical (unpaired) electrons. The lowest BCUT2D eigenvalue weighted by Gasteiger charge is -2.28. The van der Waals surface area contributed by atoms with Crippen molar-refractivity contribution in [3.05, 3.63) is 60.6 Å². The average Bonchev–Trinajstić information content (AvgIpc) is 3.31. The number of pyridine rings is 1. The van der Waals surface area contributed by atoms with Crippen LogP contribution in [0.5, 0.6) is 0 Å². The Kier molecular flexibility index (Phi) is 4.90. The molecule has 4 heterocycles. The molecule has 1 aliphatic rings. The zero-order valence-electron chi connectivity index (χ0n) is 16.6. The van der Waals surface area contributed by atoms with Gasteiger partial charge in [0.05, 0.1) is 17.6 Å². The van der Waals surface area contributed by atoms with E-state index in [1.54, 1.807) is 6.20 Å². The van der Waals surface area contributed by atoms with Crippen molar-refractivity contribution in [1.82, 2.24) is 30.5 Å². The highest BCUT2D eigenvalue weighted by Crippen LogP contribution is 2.26. The number of benzene rings is 1. The van der Waals surface area contributed by atoms with Crippen LogP contribution in [-0.2, 0) is 0 Å². The van der Waals surface area contributed by atoms with E-state index in [4.69, 9.17) is 9.40 Å². The summed E-state index contributed by atoms with van der Waals surface area (Å²) in [5.74, 6) is 1.79. The second-order valence-corrected chi connectivity index (χ2v) is 7.11. The topological polar surface area (TPSA) is 92.9 Å². The van der Waals surface area contributed by atoms with Gasteiger partial charge in [0.15, 0.2) is 0 Å². The van der Waals surface area contributed by atoms with E-state index in [1.165, 1.54) is 0 Å². The lowest BCUT2D eigenvalue weighted by atomic mass is 10.2. The summed E-state index contributed by atoms with van der Waals surface area (Å²) in [4.78, 5) is 16.1. The number of anilines is 1. The molecule has 0 spiro atoms. The largest absolute Gasteiger partial charge is 0.415 e. The van der Waals surface area contributed by atoms with Crippen LogP contribution in [0.1, 0.15) is 8.55 Å². The molecule has 5 rings (SSSR count). The number of piperazine rings is 1. The fourth-order valence-corrected chi connectivity index (χ4v) is 3.43. The van der Waals surface area contributed by atoms with Crippen molar-refractivity contribution in [3.63, 3.8) is 0 Å². The maximum atomic E-state index is 5.87. The van der Waals surface area contributed by atoms with Crippen LogP contribution in [0.2, 0.25) is 0 Å². The first-order valence-electron chi connectivity index (χ1n) is 9.93. The van der Waals surface area contributed by atoms with Gasteiger partial charge in [-0.3, -0.25) is 4.98 Å². The highest BCUT2D eigenvalue weighted by atomic mass is 16.4. The van der Waals surface area contributed by atoms with Crippen LogP contribution in [0.3, 0.4) is 0 Å². The summed E-state index contributed by atoms with van der Waals surface area (Å²) in [5, 5.41) is 11.7. The third-order valence-corrected chi connectivity index (χ3v) is 5.09. The first-order valence-corrected chi connectivity index (χ1v) is 9.93. The molecule has 0 bridgehead atoms. The Morgan fingerprint density at radius 3 is 2.47 bits per heavy atom. The summed E-state index contributed by atoms with van der Waals surface area (Å²) in [6.07, 6.45) is 3.58. The first kappa shape index (κ1) is 18.4. The van der Waals surface area contributed by atoms with Crippen LogP contribution in [0, 0.1) is 6.92 Å². The SMILES string of the molecule is Cc1ncc(-c2ccc(N3CCNCC3)nc2)nc1-c1nnc(-c2ccccc2)o1.[HH].[HH]. The van der Waals surface area contributed by atoms with Crippen LogP contribution >= 0.6 is 0 Å². The minimum Gasteiger partial charge on any atom is -0.415 e. The Morgan fingerprint density at radius 1 is 0.900 bits per heavy atom. The molecule has 0 unspecified atom stereocenters. The monoisotopic (exact) mass is 403 g/mol. The zero-order chi connectivity index (χ0) is 20.3. The Balaban J connectivity index is 0.00000144. The molecular weight excluding hydrogens is 378 g/mol. The summed E-state index contributed by atoms with van der Waals surface area (Å²) < 4.78 is 5.87. The van der Waals surface area contributed by atoms with Crippen molar-refractivity contribution in [2.24, 2.45) is 0 Å². The molecule has 1 saturated heterocycles. The Labute approximate surface area is 177 Å². The van der Waals surface area contributed by atoms with Gasteiger partial charge in [-0.15, -0.1) is 10.2 Å². The number of nitrogens with one attached hydrogen (secondary N) is 1. The van der Waals surface area contributed by atoms with Gasteiger partial charge in [-0.2, -0.15) is 0 Å². The fourth-order valence-electron chi connectivity index (χ4n) is 3.43. The van der Waals surface area contributed by atoms with E-state index in [0.29, 0.717) is 17.5 Å². The minimum atomic E-state index is 0. The number of aromatic nitrogens is 5. The Bertz CT molecular complexity index is 1150. The number of hydrogen-bond donors (Lipinski definition) is 1. The van der Waals surface area contributed by atoms with Crippen LogP contribution in [-0.4, -0.2) is 51.3 Å². The van der Waals surface area contributed by atoms with Crippen molar-refractivity contribution >= 4 is 5.82 Å². The standard InChI is InChI=1S/C22H21N7O.2H2/c1-15-20(22-28-27-21(30-22)16-5-3-2-4-6-16)26-18(14-24-15)17-7-8-19(25-13-17)29-11-9-23-10-12-29;;/h2-8,13-14,23H,9-12H2,1H3;2*1H. The lowest BCUT2D eigenvalue weighted by Crippen LogP contribution is -2.43. The van der Waals surface area contributed by atoms with Gasteiger partial charge in [0.25, 0.3) is 5.89 Å². The smallest absolute Gasteiger partial charge is 0.268 e. The maximum Gasteiger partial charge on any atom is 0.268 e. The number of nitrogens with zero attached hydrogens (tertiary/aromatic N) is 6. The third kappa shape index (κ3) is 3.65. The summed E-state index contributed by atoms with van der Waals surface area (Å²) in [5.41, 5.74) is 3.78. The van der Waals surface area contributed by atoms with E-state index in [-0.39, 0.29) is 2.85 Å². The van der Waals surface area contributed by atoms with E-state index in [2.05, 4.69) is 30.4 Å². The maximum absolute atomic E-state index is 5.87. The predicted molar refractivity (Wildman–Crippen MR) is 118 cm³/mol. The number of aryl methyl sites for hydroxylation is 1. The van der Waals surface area contributed by atoms with Gasteiger partial charge in [-0.1, -0.05) is 18.2 Å².